The van der Waals surface area contributed by atoms with E-state index in [4.69, 9.17) is 0 Å². The minimum Gasteiger partial charge on any atom is -0.298 e. The second kappa shape index (κ2) is 8.56. The molecule has 39 heavy (non-hydrogen) atoms. The standard InChI is InChI=1S/C32H28N2O5/c1-4-31-24(20-12-8-6-9-13-20)25(21-14-10-7-11-15-21)32(5-2,30(31)37)27-26(31)28(35)33(29(27)36)23-18-22(34(38)39)17-16-19(23)3/h6-18,26-27H,4-5H2,1-3H3/t26-,27-,31-,32+/m1/s1. The van der Waals surface area contributed by atoms with Crippen LogP contribution in [0, 0.1) is 39.7 Å². The number of hydrogen-bond acceptors (Lipinski definition) is 5. The van der Waals surface area contributed by atoms with Gasteiger partial charge in [-0.2, -0.15) is 0 Å². The molecule has 0 N–H and O–H groups in total. The molecule has 0 unspecified atom stereocenters. The number of nitro benzene ring substituents is 1. The van der Waals surface area contributed by atoms with Crippen molar-refractivity contribution >= 4 is 40.1 Å². The van der Waals surface area contributed by atoms with Crippen LogP contribution in [-0.4, -0.2) is 22.5 Å². The topological polar surface area (TPSA) is 97.6 Å². The van der Waals surface area contributed by atoms with Gasteiger partial charge in [0.05, 0.1) is 33.3 Å². The normalized spacial score (nSPS) is 27.5. The summed E-state index contributed by atoms with van der Waals surface area (Å²) in [5.74, 6) is -2.75. The summed E-state index contributed by atoms with van der Waals surface area (Å²) in [5, 5.41) is 11.6. The molecule has 1 heterocycles. The first-order valence-electron chi connectivity index (χ1n) is 13.3. The van der Waals surface area contributed by atoms with Gasteiger partial charge in [0.2, 0.25) is 11.8 Å². The minimum absolute atomic E-state index is 0.0650. The highest BCUT2D eigenvalue weighted by molar-refractivity contribution is 6.34. The molecule has 1 saturated carbocycles. The summed E-state index contributed by atoms with van der Waals surface area (Å²) >= 11 is 0. The number of nitrogens with zero attached hydrogens (tertiary/aromatic N) is 2. The van der Waals surface area contributed by atoms with E-state index in [0.717, 1.165) is 27.2 Å². The predicted octanol–water partition coefficient (Wildman–Crippen LogP) is 6.01. The Bertz CT molecular complexity index is 1510. The summed E-state index contributed by atoms with van der Waals surface area (Å²) in [6, 6.07) is 23.6. The summed E-state index contributed by atoms with van der Waals surface area (Å²) in [4.78, 5) is 55.6. The van der Waals surface area contributed by atoms with Crippen molar-refractivity contribution in [3.05, 3.63) is 106 Å². The Morgan fingerprint density at radius 3 is 1.64 bits per heavy atom. The molecule has 7 nitrogen and oxygen atoms in total. The Morgan fingerprint density at radius 2 is 1.23 bits per heavy atom. The fourth-order valence-corrected chi connectivity index (χ4v) is 7.64. The molecule has 3 aromatic rings. The van der Waals surface area contributed by atoms with E-state index in [2.05, 4.69) is 0 Å². The van der Waals surface area contributed by atoms with Crippen molar-refractivity contribution in [3.8, 4) is 0 Å². The van der Waals surface area contributed by atoms with E-state index >= 15 is 0 Å². The zero-order valence-electron chi connectivity index (χ0n) is 22.0. The first-order valence-corrected chi connectivity index (χ1v) is 13.3. The molecular weight excluding hydrogens is 492 g/mol. The van der Waals surface area contributed by atoms with Gasteiger partial charge in [0.1, 0.15) is 0 Å². The number of anilines is 1. The van der Waals surface area contributed by atoms with Gasteiger partial charge in [-0.3, -0.25) is 24.5 Å². The minimum atomic E-state index is -1.19. The molecule has 0 aromatic heterocycles. The van der Waals surface area contributed by atoms with Crippen LogP contribution in [-0.2, 0) is 14.4 Å². The highest BCUT2D eigenvalue weighted by atomic mass is 16.6. The fraction of sp³-hybridized carbons (Fsp3) is 0.281. The van der Waals surface area contributed by atoms with Gasteiger partial charge in [-0.05, 0) is 47.6 Å². The van der Waals surface area contributed by atoms with Crippen molar-refractivity contribution < 1.29 is 19.3 Å². The van der Waals surface area contributed by atoms with Crippen LogP contribution in [0.3, 0.4) is 0 Å². The Kier molecular flexibility index (Phi) is 5.47. The number of carbonyl (C=O) groups is 3. The number of benzene rings is 3. The Balaban J connectivity index is 1.66. The highest BCUT2D eigenvalue weighted by Crippen LogP contribution is 2.75. The number of aryl methyl sites for hydroxylation is 1. The number of allylic oxidation sites excluding steroid dienone is 2. The maximum atomic E-state index is 14.7. The molecule has 7 heteroatoms. The summed E-state index contributed by atoms with van der Waals surface area (Å²) in [6.45, 7) is 5.55. The van der Waals surface area contributed by atoms with Crippen LogP contribution in [0.4, 0.5) is 11.4 Å². The van der Waals surface area contributed by atoms with Crippen LogP contribution < -0.4 is 4.90 Å². The van der Waals surface area contributed by atoms with E-state index in [1.807, 2.05) is 74.5 Å². The molecule has 3 aromatic carbocycles. The van der Waals surface area contributed by atoms with Crippen molar-refractivity contribution in [1.29, 1.82) is 0 Å². The third-order valence-corrected chi connectivity index (χ3v) is 9.21. The van der Waals surface area contributed by atoms with Gasteiger partial charge in [0, 0.05) is 12.1 Å². The van der Waals surface area contributed by atoms with E-state index in [0.29, 0.717) is 18.4 Å². The highest BCUT2D eigenvalue weighted by Gasteiger charge is 2.80. The van der Waals surface area contributed by atoms with Crippen molar-refractivity contribution in [2.24, 2.45) is 22.7 Å². The average molecular weight is 521 g/mol. The smallest absolute Gasteiger partial charge is 0.271 e. The van der Waals surface area contributed by atoms with Gasteiger partial charge in [-0.15, -0.1) is 0 Å². The number of non-ortho nitro benzene ring substituents is 1. The molecule has 1 saturated heterocycles. The Morgan fingerprint density at radius 1 is 0.769 bits per heavy atom. The van der Waals surface area contributed by atoms with Crippen molar-refractivity contribution in [1.82, 2.24) is 0 Å². The lowest BCUT2D eigenvalue weighted by Gasteiger charge is -2.38. The van der Waals surface area contributed by atoms with Gasteiger partial charge in [-0.25, -0.2) is 4.90 Å². The van der Waals surface area contributed by atoms with E-state index in [9.17, 15) is 24.5 Å². The van der Waals surface area contributed by atoms with E-state index in [-0.39, 0.29) is 17.2 Å². The van der Waals surface area contributed by atoms with Gasteiger partial charge in [0.15, 0.2) is 5.78 Å². The predicted molar refractivity (Wildman–Crippen MR) is 147 cm³/mol. The summed E-state index contributed by atoms with van der Waals surface area (Å²) in [6.07, 6.45) is 0.714. The lowest BCUT2D eigenvalue weighted by atomic mass is 9.60. The van der Waals surface area contributed by atoms with Crippen LogP contribution in [0.25, 0.3) is 11.1 Å². The molecule has 4 atom stereocenters. The fourth-order valence-electron chi connectivity index (χ4n) is 7.64. The Labute approximate surface area is 226 Å². The van der Waals surface area contributed by atoms with Crippen LogP contribution in [0.5, 0.6) is 0 Å². The summed E-state index contributed by atoms with van der Waals surface area (Å²) < 4.78 is 0. The largest absolute Gasteiger partial charge is 0.298 e. The zero-order valence-corrected chi connectivity index (χ0v) is 22.0. The van der Waals surface area contributed by atoms with Gasteiger partial charge in [-0.1, -0.05) is 80.6 Å². The number of hydrogen-bond donors (Lipinski definition) is 0. The molecule has 2 amide bonds. The van der Waals surface area contributed by atoms with Crippen LogP contribution in [0.2, 0.25) is 0 Å². The number of carbonyl (C=O) groups excluding carboxylic acids is 3. The number of nitro groups is 1. The molecule has 1 aliphatic heterocycles. The van der Waals surface area contributed by atoms with Crippen LogP contribution in [0.1, 0.15) is 43.4 Å². The summed E-state index contributed by atoms with van der Waals surface area (Å²) in [5.41, 5.74) is 1.59. The van der Waals surface area contributed by atoms with E-state index in [1.54, 1.807) is 13.0 Å². The molecule has 3 aliphatic rings. The maximum absolute atomic E-state index is 14.7. The number of fused-ring (bicyclic) bond motifs is 5. The second-order valence-electron chi connectivity index (χ2n) is 10.7. The number of rotatable bonds is 6. The van der Waals surface area contributed by atoms with Crippen LogP contribution >= 0.6 is 0 Å². The Hall–Kier alpha value is -4.39. The summed E-state index contributed by atoms with van der Waals surface area (Å²) in [7, 11) is 0. The van der Waals surface area contributed by atoms with E-state index < -0.39 is 39.4 Å². The molecule has 196 valence electrons. The first kappa shape index (κ1) is 24.9. The van der Waals surface area contributed by atoms with Gasteiger partial charge in [0.25, 0.3) is 5.69 Å². The number of Topliss-reactive ketones (excluding diaryl/α,β-unsaturated/α-hetero) is 1. The maximum Gasteiger partial charge on any atom is 0.271 e. The molecular formula is C32H28N2O5. The molecule has 0 spiro atoms. The van der Waals surface area contributed by atoms with Crippen LogP contribution in [0.15, 0.2) is 78.9 Å². The van der Waals surface area contributed by atoms with Crippen molar-refractivity contribution in [2.75, 3.05) is 4.90 Å². The van der Waals surface area contributed by atoms with Crippen molar-refractivity contribution in [3.63, 3.8) is 0 Å². The second-order valence-corrected chi connectivity index (χ2v) is 10.7. The third-order valence-electron chi connectivity index (χ3n) is 9.21. The van der Waals surface area contributed by atoms with E-state index in [1.165, 1.54) is 12.1 Å². The molecule has 2 aliphatic carbocycles. The van der Waals surface area contributed by atoms with Gasteiger partial charge >= 0.3 is 0 Å². The lowest BCUT2D eigenvalue weighted by molar-refractivity contribution is -0.384. The first-order chi connectivity index (χ1) is 18.8. The molecule has 2 fully saturated rings. The SMILES string of the molecule is CC[C@]12C(=O)[C@](CC)(C(c3ccccc3)=C1c1ccccc1)[C@H]1C(=O)N(c3cc([N+](=O)[O-])ccc3C)C(=O)[C@@H]12. The van der Waals surface area contributed by atoms with Gasteiger partial charge < -0.3 is 0 Å². The number of amides is 2. The average Bonchev–Trinajstić information content (AvgIpc) is 3.45. The quantitative estimate of drug-likeness (QED) is 0.225. The molecule has 0 radical (unpaired) electrons. The third kappa shape index (κ3) is 2.95. The number of imide groups is 1. The zero-order chi connectivity index (χ0) is 27.7. The number of ketones is 1. The molecule has 6 rings (SSSR count). The molecule has 2 bridgehead atoms. The van der Waals surface area contributed by atoms with Crippen molar-refractivity contribution in [2.45, 2.75) is 33.6 Å². The monoisotopic (exact) mass is 520 g/mol. The lowest BCUT2D eigenvalue weighted by Crippen LogP contribution is -2.42.